The Hall–Kier alpha value is -3.03. The van der Waals surface area contributed by atoms with Crippen molar-refractivity contribution in [2.24, 2.45) is 16.4 Å². The van der Waals surface area contributed by atoms with Crippen LogP contribution in [0.5, 0.6) is 0 Å². The molecule has 1 atom stereocenters. The van der Waals surface area contributed by atoms with Gasteiger partial charge in [-0.15, -0.1) is 0 Å². The fourth-order valence-corrected chi connectivity index (χ4v) is 3.28. The van der Waals surface area contributed by atoms with Crippen LogP contribution in [0, 0.1) is 31.6 Å². The molecule has 144 valence electrons. The first-order valence-electron chi connectivity index (χ1n) is 8.70. The van der Waals surface area contributed by atoms with Gasteiger partial charge in [-0.25, -0.2) is 0 Å². The zero-order valence-corrected chi connectivity index (χ0v) is 15.9. The van der Waals surface area contributed by atoms with Gasteiger partial charge in [0.15, 0.2) is 0 Å². The molecule has 1 unspecified atom stereocenters. The minimum Gasteiger partial charge on any atom is -0.271 e. The molecule has 8 heteroatoms. The number of hydrogen-bond donors (Lipinski definition) is 1. The molecule has 0 heterocycles. The lowest BCUT2D eigenvalue weighted by Crippen LogP contribution is -2.26. The molecule has 0 aliphatic heterocycles. The third kappa shape index (κ3) is 4.99. The van der Waals surface area contributed by atoms with Gasteiger partial charge in [0.1, 0.15) is 5.69 Å². The van der Waals surface area contributed by atoms with Crippen molar-refractivity contribution in [3.05, 3.63) is 62.2 Å². The van der Waals surface area contributed by atoms with E-state index in [2.05, 4.69) is 43.5 Å². The summed E-state index contributed by atoms with van der Waals surface area (Å²) in [7, 11) is 0. The number of benzene rings is 1. The Morgan fingerprint density at radius 2 is 2.00 bits per heavy atom. The van der Waals surface area contributed by atoms with Gasteiger partial charge in [0.05, 0.1) is 21.6 Å². The molecule has 0 aromatic heterocycles. The average Bonchev–Trinajstić information content (AvgIpc) is 2.58. The van der Waals surface area contributed by atoms with Crippen LogP contribution < -0.4 is 5.43 Å². The monoisotopic (exact) mass is 372 g/mol. The number of nitrogens with zero attached hydrogens (tertiary/aromatic N) is 3. The first-order valence-corrected chi connectivity index (χ1v) is 8.70. The van der Waals surface area contributed by atoms with Crippen molar-refractivity contribution in [2.75, 3.05) is 5.43 Å². The molecule has 0 amide bonds. The van der Waals surface area contributed by atoms with E-state index in [1.165, 1.54) is 17.7 Å². The molecular formula is C19H24N4O4. The number of rotatable bonds is 6. The molecule has 1 aliphatic rings. The highest BCUT2D eigenvalue weighted by Crippen LogP contribution is 2.41. The lowest BCUT2D eigenvalue weighted by molar-refractivity contribution is -0.393. The molecule has 1 aromatic carbocycles. The Kier molecular flexibility index (Phi) is 6.09. The summed E-state index contributed by atoms with van der Waals surface area (Å²) >= 11 is 0. The molecule has 0 fully saturated rings. The molecule has 1 aliphatic carbocycles. The molecule has 2 rings (SSSR count). The van der Waals surface area contributed by atoms with Gasteiger partial charge in [-0.1, -0.05) is 31.6 Å². The Labute approximate surface area is 158 Å². The third-order valence-electron chi connectivity index (χ3n) is 4.86. The maximum absolute atomic E-state index is 11.2. The van der Waals surface area contributed by atoms with Gasteiger partial charge in [-0.05, 0) is 44.2 Å². The van der Waals surface area contributed by atoms with E-state index >= 15 is 0 Å². The van der Waals surface area contributed by atoms with Crippen molar-refractivity contribution in [2.45, 2.75) is 40.5 Å². The highest BCUT2D eigenvalue weighted by atomic mass is 16.6. The number of non-ortho nitro benzene ring substituents is 1. The van der Waals surface area contributed by atoms with E-state index in [1.807, 2.05) is 6.08 Å². The Morgan fingerprint density at radius 3 is 2.59 bits per heavy atom. The Morgan fingerprint density at radius 1 is 1.30 bits per heavy atom. The zero-order chi connectivity index (χ0) is 20.2. The summed E-state index contributed by atoms with van der Waals surface area (Å²) in [5.74, 6) is 0.310. The molecule has 8 nitrogen and oxygen atoms in total. The highest BCUT2D eigenvalue weighted by Gasteiger charge is 2.30. The van der Waals surface area contributed by atoms with Crippen molar-refractivity contribution in [3.63, 3.8) is 0 Å². The minimum absolute atomic E-state index is 0.104. The molecule has 0 saturated carbocycles. The SMILES string of the molecule is CC1=CCCC(C)(C)C1C=C/C(C)=N/Nc1ccc([N+](=O)[O-])cc1[N+](=O)[O-]. The molecule has 27 heavy (non-hydrogen) atoms. The lowest BCUT2D eigenvalue weighted by Gasteiger charge is -2.36. The predicted molar refractivity (Wildman–Crippen MR) is 106 cm³/mol. The van der Waals surface area contributed by atoms with Crippen molar-refractivity contribution < 1.29 is 9.85 Å². The van der Waals surface area contributed by atoms with Gasteiger partial charge in [0.25, 0.3) is 5.69 Å². The van der Waals surface area contributed by atoms with E-state index in [-0.39, 0.29) is 16.8 Å². The van der Waals surface area contributed by atoms with Crippen LogP contribution in [0.25, 0.3) is 0 Å². The fourth-order valence-electron chi connectivity index (χ4n) is 3.28. The van der Waals surface area contributed by atoms with Gasteiger partial charge < -0.3 is 0 Å². The number of anilines is 1. The second kappa shape index (κ2) is 8.11. The normalized spacial score (nSPS) is 19.6. The quantitative estimate of drug-likeness (QED) is 0.318. The summed E-state index contributed by atoms with van der Waals surface area (Å²) in [6.07, 6.45) is 8.45. The van der Waals surface area contributed by atoms with Gasteiger partial charge in [0, 0.05) is 12.0 Å². The van der Waals surface area contributed by atoms with Crippen molar-refractivity contribution in [3.8, 4) is 0 Å². The molecule has 0 radical (unpaired) electrons. The standard InChI is InChI=1S/C19H24N4O4/c1-13-6-5-11-19(3,4)16(13)9-7-14(2)20-21-17-10-8-15(22(24)25)12-18(17)23(26)27/h6-10,12,16,21H,5,11H2,1-4H3/b9-7?,20-14+. The van der Waals surface area contributed by atoms with Crippen LogP contribution >= 0.6 is 0 Å². The molecule has 1 aromatic rings. The van der Waals surface area contributed by atoms with E-state index < -0.39 is 15.5 Å². The van der Waals surface area contributed by atoms with Crippen LogP contribution in [0.15, 0.2) is 47.1 Å². The number of nitro groups is 2. The maximum Gasteiger partial charge on any atom is 0.301 e. The predicted octanol–water partition coefficient (Wildman–Crippen LogP) is 5.23. The van der Waals surface area contributed by atoms with Gasteiger partial charge >= 0.3 is 5.69 Å². The first kappa shape index (κ1) is 20.3. The molecule has 1 N–H and O–H groups in total. The molecule has 0 bridgehead atoms. The van der Waals surface area contributed by atoms with Gasteiger partial charge in [-0.2, -0.15) is 5.10 Å². The molecule has 0 spiro atoms. The topological polar surface area (TPSA) is 111 Å². The number of nitro benzene ring substituents is 2. The largest absolute Gasteiger partial charge is 0.301 e. The van der Waals surface area contributed by atoms with Crippen LogP contribution in [0.2, 0.25) is 0 Å². The van der Waals surface area contributed by atoms with E-state index in [0.717, 1.165) is 18.9 Å². The summed E-state index contributed by atoms with van der Waals surface area (Å²) in [6.45, 7) is 8.39. The summed E-state index contributed by atoms with van der Waals surface area (Å²) < 4.78 is 0. The smallest absolute Gasteiger partial charge is 0.271 e. The van der Waals surface area contributed by atoms with Gasteiger partial charge in [0.2, 0.25) is 0 Å². The minimum atomic E-state index is -0.672. The second-order valence-corrected chi connectivity index (χ2v) is 7.39. The molecular weight excluding hydrogens is 348 g/mol. The third-order valence-corrected chi connectivity index (χ3v) is 4.86. The van der Waals surface area contributed by atoms with E-state index in [4.69, 9.17) is 0 Å². The zero-order valence-electron chi connectivity index (χ0n) is 15.9. The van der Waals surface area contributed by atoms with Crippen LogP contribution in [-0.2, 0) is 0 Å². The van der Waals surface area contributed by atoms with Crippen molar-refractivity contribution >= 4 is 22.8 Å². The van der Waals surface area contributed by atoms with Crippen molar-refractivity contribution in [1.82, 2.24) is 0 Å². The number of allylic oxidation sites excluding steroid dienone is 4. The molecule has 0 saturated heterocycles. The average molecular weight is 372 g/mol. The lowest BCUT2D eigenvalue weighted by atomic mass is 9.68. The number of nitrogens with one attached hydrogen (secondary N) is 1. The Balaban J connectivity index is 2.18. The Bertz CT molecular complexity index is 840. The fraction of sp³-hybridized carbons (Fsp3) is 0.421. The second-order valence-electron chi connectivity index (χ2n) is 7.39. The van der Waals surface area contributed by atoms with Crippen LogP contribution in [0.4, 0.5) is 17.1 Å². The number of hydrazone groups is 1. The summed E-state index contributed by atoms with van der Waals surface area (Å²) in [6, 6.07) is 3.41. The summed E-state index contributed by atoms with van der Waals surface area (Å²) in [4.78, 5) is 20.6. The summed E-state index contributed by atoms with van der Waals surface area (Å²) in [5.41, 5.74) is 4.16. The number of hydrogen-bond acceptors (Lipinski definition) is 6. The summed E-state index contributed by atoms with van der Waals surface area (Å²) in [5, 5.41) is 26.1. The van der Waals surface area contributed by atoms with Gasteiger partial charge in [-0.3, -0.25) is 25.7 Å². The van der Waals surface area contributed by atoms with Crippen LogP contribution in [-0.4, -0.2) is 15.6 Å². The highest BCUT2D eigenvalue weighted by molar-refractivity contribution is 5.93. The first-order chi connectivity index (χ1) is 12.6. The van der Waals surface area contributed by atoms with E-state index in [0.29, 0.717) is 11.6 Å². The maximum atomic E-state index is 11.2. The van der Waals surface area contributed by atoms with Crippen LogP contribution in [0.1, 0.15) is 40.5 Å². The van der Waals surface area contributed by atoms with E-state index in [9.17, 15) is 20.2 Å². The van der Waals surface area contributed by atoms with Crippen molar-refractivity contribution in [1.29, 1.82) is 0 Å². The van der Waals surface area contributed by atoms with Crippen LogP contribution in [0.3, 0.4) is 0 Å². The van der Waals surface area contributed by atoms with E-state index in [1.54, 1.807) is 6.92 Å².